The summed E-state index contributed by atoms with van der Waals surface area (Å²) in [6.07, 6.45) is 1.16. The van der Waals surface area contributed by atoms with Crippen LogP contribution in [0.15, 0.2) is 56.5 Å². The topological polar surface area (TPSA) is 81.8 Å². The second kappa shape index (κ2) is 7.58. The van der Waals surface area contributed by atoms with Crippen LogP contribution in [0.4, 0.5) is 0 Å². The van der Waals surface area contributed by atoms with Gasteiger partial charge in [-0.2, -0.15) is 0 Å². The van der Waals surface area contributed by atoms with E-state index in [1.54, 1.807) is 40.8 Å². The highest BCUT2D eigenvalue weighted by Gasteiger charge is 2.27. The Hall–Kier alpha value is -3.35. The third kappa shape index (κ3) is 3.81. The molecule has 150 valence electrons. The standard InChI is InChI=1S/C22H22N2O5/c1-14-11-17(13-20(25)23(14)2)28-16-7-9-24(10-8-16)21(26)18-12-15-5-3-4-6-19(15)29-22(18)27/h3-6,11-13,16H,7-10H2,1-2H3. The van der Waals surface area contributed by atoms with Crippen LogP contribution in [0.25, 0.3) is 11.0 Å². The summed E-state index contributed by atoms with van der Waals surface area (Å²) in [5.74, 6) is 0.220. The van der Waals surface area contributed by atoms with E-state index in [1.165, 1.54) is 6.07 Å². The van der Waals surface area contributed by atoms with Crippen molar-refractivity contribution >= 4 is 16.9 Å². The molecule has 1 fully saturated rings. The Morgan fingerprint density at radius 1 is 1.10 bits per heavy atom. The normalized spacial score (nSPS) is 14.9. The maximum Gasteiger partial charge on any atom is 0.349 e. The summed E-state index contributed by atoms with van der Waals surface area (Å²) in [5, 5.41) is 0.717. The van der Waals surface area contributed by atoms with Gasteiger partial charge in [0, 0.05) is 50.1 Å². The molecule has 1 aromatic carbocycles. The molecule has 0 spiro atoms. The number of hydrogen-bond acceptors (Lipinski definition) is 5. The first-order chi connectivity index (χ1) is 13.9. The monoisotopic (exact) mass is 394 g/mol. The van der Waals surface area contributed by atoms with E-state index in [-0.39, 0.29) is 23.1 Å². The lowest BCUT2D eigenvalue weighted by molar-refractivity contribution is 0.0591. The quantitative estimate of drug-likeness (QED) is 0.638. The smallest absolute Gasteiger partial charge is 0.349 e. The molecule has 0 bridgehead atoms. The SMILES string of the molecule is Cc1cc(OC2CCN(C(=O)c3cc4ccccc4oc3=O)CC2)cc(=O)n1C. The molecule has 29 heavy (non-hydrogen) atoms. The van der Waals surface area contributed by atoms with Crippen molar-refractivity contribution in [2.75, 3.05) is 13.1 Å². The molecular weight excluding hydrogens is 372 g/mol. The van der Waals surface area contributed by atoms with E-state index in [9.17, 15) is 14.4 Å². The van der Waals surface area contributed by atoms with Crippen molar-refractivity contribution in [3.05, 3.63) is 74.5 Å². The Bertz CT molecular complexity index is 1190. The van der Waals surface area contributed by atoms with Gasteiger partial charge in [0.05, 0.1) is 0 Å². The minimum atomic E-state index is -0.623. The van der Waals surface area contributed by atoms with Crippen molar-refractivity contribution in [1.82, 2.24) is 9.47 Å². The number of aromatic nitrogens is 1. The molecule has 3 aromatic rings. The van der Waals surface area contributed by atoms with Crippen LogP contribution in [-0.2, 0) is 7.05 Å². The predicted octanol–water partition coefficient (Wildman–Crippen LogP) is 2.48. The molecule has 1 aliphatic heterocycles. The molecule has 1 aliphatic rings. The molecule has 1 saturated heterocycles. The van der Waals surface area contributed by atoms with E-state index in [0.29, 0.717) is 37.3 Å². The van der Waals surface area contributed by atoms with Gasteiger partial charge >= 0.3 is 5.63 Å². The van der Waals surface area contributed by atoms with Gasteiger partial charge in [-0.1, -0.05) is 18.2 Å². The summed E-state index contributed by atoms with van der Waals surface area (Å²) in [4.78, 5) is 38.6. The maximum absolute atomic E-state index is 12.8. The Kier molecular flexibility index (Phi) is 4.96. The second-order valence-corrected chi connectivity index (χ2v) is 7.32. The third-order valence-electron chi connectivity index (χ3n) is 5.38. The number of benzene rings is 1. The van der Waals surface area contributed by atoms with Crippen molar-refractivity contribution in [2.45, 2.75) is 25.9 Å². The van der Waals surface area contributed by atoms with Crippen LogP contribution in [0.2, 0.25) is 0 Å². The van der Waals surface area contributed by atoms with E-state index in [4.69, 9.17) is 9.15 Å². The van der Waals surface area contributed by atoms with Crippen LogP contribution in [0.3, 0.4) is 0 Å². The molecule has 0 atom stereocenters. The molecule has 0 aliphatic carbocycles. The van der Waals surface area contributed by atoms with Gasteiger partial charge in [-0.05, 0) is 25.1 Å². The first-order valence-electron chi connectivity index (χ1n) is 9.59. The zero-order valence-electron chi connectivity index (χ0n) is 16.4. The fourth-order valence-corrected chi connectivity index (χ4v) is 3.56. The van der Waals surface area contributed by atoms with Crippen LogP contribution in [-0.4, -0.2) is 34.6 Å². The molecule has 1 amide bonds. The van der Waals surface area contributed by atoms with Crippen molar-refractivity contribution < 1.29 is 13.9 Å². The predicted molar refractivity (Wildman–Crippen MR) is 108 cm³/mol. The Morgan fingerprint density at radius 3 is 2.55 bits per heavy atom. The first-order valence-corrected chi connectivity index (χ1v) is 9.59. The fourth-order valence-electron chi connectivity index (χ4n) is 3.56. The lowest BCUT2D eigenvalue weighted by Crippen LogP contribution is -2.43. The van der Waals surface area contributed by atoms with Gasteiger partial charge in [0.15, 0.2) is 0 Å². The first kappa shape index (κ1) is 19.0. The number of nitrogens with zero attached hydrogens (tertiary/aromatic N) is 2. The molecule has 2 aromatic heterocycles. The lowest BCUT2D eigenvalue weighted by Gasteiger charge is -2.32. The average molecular weight is 394 g/mol. The second-order valence-electron chi connectivity index (χ2n) is 7.32. The maximum atomic E-state index is 12.8. The summed E-state index contributed by atoms with van der Waals surface area (Å²) >= 11 is 0. The van der Waals surface area contributed by atoms with E-state index in [2.05, 4.69) is 0 Å². The van der Waals surface area contributed by atoms with Crippen LogP contribution in [0.5, 0.6) is 5.75 Å². The van der Waals surface area contributed by atoms with Crippen molar-refractivity contribution in [3.63, 3.8) is 0 Å². The average Bonchev–Trinajstić information content (AvgIpc) is 2.71. The van der Waals surface area contributed by atoms with Gasteiger partial charge in [-0.25, -0.2) is 4.79 Å². The van der Waals surface area contributed by atoms with Gasteiger partial charge in [0.2, 0.25) is 0 Å². The number of piperidine rings is 1. The summed E-state index contributed by atoms with van der Waals surface area (Å²) in [7, 11) is 1.72. The summed E-state index contributed by atoms with van der Waals surface area (Å²) in [6.45, 7) is 2.80. The van der Waals surface area contributed by atoms with Crippen LogP contribution >= 0.6 is 0 Å². The number of amides is 1. The minimum absolute atomic E-state index is 0.0465. The number of carbonyl (C=O) groups is 1. The van der Waals surface area contributed by atoms with Crippen molar-refractivity contribution in [1.29, 1.82) is 0 Å². The van der Waals surface area contributed by atoms with Gasteiger partial charge in [-0.15, -0.1) is 0 Å². The van der Waals surface area contributed by atoms with Crippen molar-refractivity contribution in [2.24, 2.45) is 7.05 Å². The van der Waals surface area contributed by atoms with Crippen molar-refractivity contribution in [3.8, 4) is 5.75 Å². The van der Waals surface area contributed by atoms with E-state index in [0.717, 1.165) is 11.1 Å². The number of pyridine rings is 1. The fraction of sp³-hybridized carbons (Fsp3) is 0.318. The number of rotatable bonds is 3. The molecule has 4 rings (SSSR count). The van der Waals surface area contributed by atoms with E-state index >= 15 is 0 Å². The highest BCUT2D eigenvalue weighted by Crippen LogP contribution is 2.20. The number of ether oxygens (including phenoxy) is 1. The molecule has 0 saturated carbocycles. The highest BCUT2D eigenvalue weighted by molar-refractivity contribution is 5.96. The van der Waals surface area contributed by atoms with Crippen LogP contribution < -0.4 is 15.9 Å². The van der Waals surface area contributed by atoms with E-state index in [1.807, 2.05) is 19.1 Å². The van der Waals surface area contributed by atoms with Crippen LogP contribution in [0.1, 0.15) is 28.9 Å². The van der Waals surface area contributed by atoms with Crippen LogP contribution in [0, 0.1) is 6.92 Å². The van der Waals surface area contributed by atoms with E-state index < -0.39 is 5.63 Å². The van der Waals surface area contributed by atoms with Gasteiger partial charge in [0.1, 0.15) is 23.0 Å². The molecule has 7 nitrogen and oxygen atoms in total. The summed E-state index contributed by atoms with van der Waals surface area (Å²) in [6, 6.07) is 12.0. The number of hydrogen-bond donors (Lipinski definition) is 0. The minimum Gasteiger partial charge on any atom is -0.490 e. The molecule has 0 unspecified atom stereocenters. The Morgan fingerprint density at radius 2 is 1.83 bits per heavy atom. The molecule has 7 heteroatoms. The summed E-state index contributed by atoms with van der Waals surface area (Å²) < 4.78 is 12.8. The molecular formula is C22H22N2O5. The Balaban J connectivity index is 1.44. The molecule has 3 heterocycles. The number of carbonyl (C=O) groups excluding carboxylic acids is 1. The number of likely N-dealkylation sites (tertiary alicyclic amines) is 1. The number of para-hydroxylation sites is 1. The molecule has 0 radical (unpaired) electrons. The summed E-state index contributed by atoms with van der Waals surface area (Å²) in [5.41, 5.74) is 0.595. The van der Waals surface area contributed by atoms with Gasteiger partial charge < -0.3 is 18.6 Å². The highest BCUT2D eigenvalue weighted by atomic mass is 16.5. The number of fused-ring (bicyclic) bond motifs is 1. The zero-order chi connectivity index (χ0) is 20.5. The van der Waals surface area contributed by atoms with Gasteiger partial charge in [0.25, 0.3) is 11.5 Å². The number of aryl methyl sites for hydroxylation is 1. The largest absolute Gasteiger partial charge is 0.490 e. The van der Waals surface area contributed by atoms with Gasteiger partial charge in [-0.3, -0.25) is 9.59 Å². The lowest BCUT2D eigenvalue weighted by atomic mass is 10.1. The Labute approximate surface area is 167 Å². The zero-order valence-corrected chi connectivity index (χ0v) is 16.4. The molecule has 0 N–H and O–H groups in total. The third-order valence-corrected chi connectivity index (χ3v) is 5.38.